The quantitative estimate of drug-likeness (QED) is 0.815. The number of hydrogen-bond donors (Lipinski definition) is 1. The Hall–Kier alpha value is -1.76. The summed E-state index contributed by atoms with van der Waals surface area (Å²) in [6.07, 6.45) is 1.45. The number of carbonyl (C=O) groups is 1. The number of amides is 1. The summed E-state index contributed by atoms with van der Waals surface area (Å²) in [6.45, 7) is 2.82. The van der Waals surface area contributed by atoms with E-state index < -0.39 is 9.84 Å². The maximum Gasteiger partial charge on any atom is 0.241 e. The monoisotopic (exact) mass is 340 g/mol. The molecule has 1 N–H and O–H groups in total. The lowest BCUT2D eigenvalue weighted by molar-refractivity contribution is -0.129. The minimum Gasteiger partial charge on any atom is -0.494 e. The van der Waals surface area contributed by atoms with Gasteiger partial charge in [-0.05, 0) is 25.0 Å². The topological polar surface area (TPSA) is 75.7 Å². The minimum atomic E-state index is -2.99. The molecule has 1 heterocycles. The predicted molar refractivity (Wildman–Crippen MR) is 90.5 cm³/mol. The fourth-order valence-electron chi connectivity index (χ4n) is 2.50. The van der Waals surface area contributed by atoms with E-state index in [2.05, 4.69) is 5.32 Å². The summed E-state index contributed by atoms with van der Waals surface area (Å²) in [7, 11) is -1.32. The number of benzene rings is 1. The van der Waals surface area contributed by atoms with E-state index in [4.69, 9.17) is 4.74 Å². The summed E-state index contributed by atoms with van der Waals surface area (Å²) in [5.41, 5.74) is 0.805. The van der Waals surface area contributed by atoms with Crippen molar-refractivity contribution < 1.29 is 17.9 Å². The first-order valence-corrected chi connectivity index (χ1v) is 9.66. The molecule has 1 aliphatic heterocycles. The van der Waals surface area contributed by atoms with Gasteiger partial charge < -0.3 is 15.0 Å². The number of carbonyl (C=O) groups excluding carboxylic acids is 1. The van der Waals surface area contributed by atoms with Crippen molar-refractivity contribution in [2.75, 3.05) is 37.0 Å². The first kappa shape index (κ1) is 17.6. The van der Waals surface area contributed by atoms with Gasteiger partial charge in [-0.3, -0.25) is 4.79 Å². The standard InChI is InChI=1S/C16H24N2O4S/c1-3-8-22-15-6-4-5-13(10-15)17-11-16(19)18(2)14-7-9-23(20,21)12-14/h4-6,10,14,17H,3,7-9,11-12H2,1-2H3. The molecule has 0 aromatic heterocycles. The number of sulfone groups is 1. The lowest BCUT2D eigenvalue weighted by Gasteiger charge is -2.23. The highest BCUT2D eigenvalue weighted by Crippen LogP contribution is 2.19. The molecule has 2 rings (SSSR count). The zero-order chi connectivity index (χ0) is 16.9. The average Bonchev–Trinajstić information content (AvgIpc) is 2.90. The largest absolute Gasteiger partial charge is 0.494 e. The van der Waals surface area contributed by atoms with Crippen LogP contribution in [0, 0.1) is 0 Å². The van der Waals surface area contributed by atoms with Crippen molar-refractivity contribution in [3.8, 4) is 5.75 Å². The Labute approximate surface area is 137 Å². The molecular formula is C16H24N2O4S. The molecule has 1 saturated heterocycles. The third kappa shape index (κ3) is 5.13. The Morgan fingerprint density at radius 2 is 2.22 bits per heavy atom. The molecule has 1 aromatic carbocycles. The van der Waals surface area contributed by atoms with Crippen LogP contribution in [0.4, 0.5) is 5.69 Å². The summed E-state index contributed by atoms with van der Waals surface area (Å²) >= 11 is 0. The molecule has 1 atom stereocenters. The zero-order valence-corrected chi connectivity index (χ0v) is 14.4. The normalized spacial score (nSPS) is 19.3. The molecule has 23 heavy (non-hydrogen) atoms. The fraction of sp³-hybridized carbons (Fsp3) is 0.562. The number of rotatable bonds is 7. The summed E-state index contributed by atoms with van der Waals surface area (Å²) in [4.78, 5) is 13.7. The Balaban J connectivity index is 1.86. The maximum absolute atomic E-state index is 12.2. The number of nitrogens with zero attached hydrogens (tertiary/aromatic N) is 1. The van der Waals surface area contributed by atoms with Crippen molar-refractivity contribution in [1.29, 1.82) is 0 Å². The van der Waals surface area contributed by atoms with Gasteiger partial charge in [0.1, 0.15) is 5.75 Å². The van der Waals surface area contributed by atoms with Crippen LogP contribution >= 0.6 is 0 Å². The van der Waals surface area contributed by atoms with Crippen molar-refractivity contribution in [3.63, 3.8) is 0 Å². The van der Waals surface area contributed by atoms with Gasteiger partial charge in [-0.25, -0.2) is 8.42 Å². The SMILES string of the molecule is CCCOc1cccc(NCC(=O)N(C)C2CCS(=O)(=O)C2)c1. The van der Waals surface area contributed by atoms with Crippen LogP contribution in [0.3, 0.4) is 0 Å². The zero-order valence-electron chi connectivity index (χ0n) is 13.6. The second-order valence-corrected chi connectivity index (χ2v) is 8.02. The number of likely N-dealkylation sites (N-methyl/N-ethyl adjacent to an activating group) is 1. The minimum absolute atomic E-state index is 0.0651. The van der Waals surface area contributed by atoms with Crippen LogP contribution in [0.15, 0.2) is 24.3 Å². The molecule has 1 fully saturated rings. The van der Waals surface area contributed by atoms with E-state index in [0.717, 1.165) is 17.9 Å². The molecular weight excluding hydrogens is 316 g/mol. The molecule has 7 heteroatoms. The lowest BCUT2D eigenvalue weighted by Crippen LogP contribution is -2.40. The molecule has 1 unspecified atom stereocenters. The Morgan fingerprint density at radius 3 is 2.87 bits per heavy atom. The number of hydrogen-bond acceptors (Lipinski definition) is 5. The van der Waals surface area contributed by atoms with Gasteiger partial charge in [0.15, 0.2) is 9.84 Å². The van der Waals surface area contributed by atoms with Gasteiger partial charge in [0.05, 0.1) is 24.7 Å². The van der Waals surface area contributed by atoms with Crippen LogP contribution in [-0.4, -0.2) is 57.0 Å². The van der Waals surface area contributed by atoms with E-state index in [1.54, 1.807) is 7.05 Å². The highest BCUT2D eigenvalue weighted by Gasteiger charge is 2.32. The number of nitrogens with one attached hydrogen (secondary N) is 1. The first-order chi connectivity index (χ1) is 10.9. The van der Waals surface area contributed by atoms with Gasteiger partial charge in [-0.2, -0.15) is 0 Å². The second-order valence-electron chi connectivity index (χ2n) is 5.79. The van der Waals surface area contributed by atoms with Crippen LogP contribution in [-0.2, 0) is 14.6 Å². The molecule has 0 saturated carbocycles. The first-order valence-electron chi connectivity index (χ1n) is 7.84. The summed E-state index contributed by atoms with van der Waals surface area (Å²) in [5, 5.41) is 3.07. The van der Waals surface area contributed by atoms with Gasteiger partial charge in [-0.1, -0.05) is 13.0 Å². The fourth-order valence-corrected chi connectivity index (χ4v) is 4.28. The van der Waals surface area contributed by atoms with Gasteiger partial charge in [0, 0.05) is 24.8 Å². The molecule has 0 bridgehead atoms. The van der Waals surface area contributed by atoms with E-state index in [9.17, 15) is 13.2 Å². The van der Waals surface area contributed by atoms with Gasteiger partial charge in [0.2, 0.25) is 5.91 Å². The van der Waals surface area contributed by atoms with Gasteiger partial charge in [0.25, 0.3) is 0 Å². The molecule has 0 aliphatic carbocycles. The van der Waals surface area contributed by atoms with E-state index in [1.807, 2.05) is 31.2 Å². The second kappa shape index (κ2) is 7.68. The van der Waals surface area contributed by atoms with E-state index in [1.165, 1.54) is 4.90 Å². The Bertz CT molecular complexity index is 645. The highest BCUT2D eigenvalue weighted by atomic mass is 32.2. The van der Waals surface area contributed by atoms with E-state index in [-0.39, 0.29) is 30.0 Å². The molecule has 128 valence electrons. The number of ether oxygens (including phenoxy) is 1. The number of anilines is 1. The van der Waals surface area contributed by atoms with E-state index >= 15 is 0 Å². The Kier molecular flexibility index (Phi) is 5.87. The van der Waals surface area contributed by atoms with Crippen molar-refractivity contribution >= 4 is 21.4 Å². The lowest BCUT2D eigenvalue weighted by atomic mass is 10.2. The van der Waals surface area contributed by atoms with Crippen molar-refractivity contribution in [2.45, 2.75) is 25.8 Å². The molecule has 1 aliphatic rings. The van der Waals surface area contributed by atoms with Crippen molar-refractivity contribution in [3.05, 3.63) is 24.3 Å². The molecule has 0 radical (unpaired) electrons. The van der Waals surface area contributed by atoms with Gasteiger partial charge in [-0.15, -0.1) is 0 Å². The molecule has 6 nitrogen and oxygen atoms in total. The Morgan fingerprint density at radius 1 is 1.43 bits per heavy atom. The van der Waals surface area contributed by atoms with Crippen molar-refractivity contribution in [1.82, 2.24) is 4.90 Å². The highest BCUT2D eigenvalue weighted by molar-refractivity contribution is 7.91. The summed E-state index contributed by atoms with van der Waals surface area (Å²) in [6, 6.07) is 7.24. The van der Waals surface area contributed by atoms with Crippen LogP contribution < -0.4 is 10.1 Å². The van der Waals surface area contributed by atoms with Crippen LogP contribution in [0.25, 0.3) is 0 Å². The summed E-state index contributed by atoms with van der Waals surface area (Å²) < 4.78 is 28.6. The van der Waals surface area contributed by atoms with E-state index in [0.29, 0.717) is 13.0 Å². The third-order valence-electron chi connectivity index (χ3n) is 3.90. The third-order valence-corrected chi connectivity index (χ3v) is 5.65. The molecule has 0 spiro atoms. The van der Waals surface area contributed by atoms with Crippen LogP contribution in [0.2, 0.25) is 0 Å². The molecule has 1 amide bonds. The smallest absolute Gasteiger partial charge is 0.241 e. The summed E-state index contributed by atoms with van der Waals surface area (Å²) in [5.74, 6) is 0.876. The maximum atomic E-state index is 12.2. The van der Waals surface area contributed by atoms with Crippen molar-refractivity contribution in [2.24, 2.45) is 0 Å². The predicted octanol–water partition coefficient (Wildman–Crippen LogP) is 1.53. The average molecular weight is 340 g/mol. The molecule has 1 aromatic rings. The van der Waals surface area contributed by atoms with Gasteiger partial charge >= 0.3 is 0 Å². The van der Waals surface area contributed by atoms with Crippen LogP contribution in [0.5, 0.6) is 5.75 Å². The van der Waals surface area contributed by atoms with Crippen LogP contribution in [0.1, 0.15) is 19.8 Å².